The van der Waals surface area contributed by atoms with Gasteiger partial charge in [0.05, 0.1) is 0 Å². The van der Waals surface area contributed by atoms with Crippen LogP contribution in [0.5, 0.6) is 0 Å². The summed E-state index contributed by atoms with van der Waals surface area (Å²) < 4.78 is 36.8. The van der Waals surface area contributed by atoms with Crippen LogP contribution in [0.15, 0.2) is 16.6 Å². The molecule has 0 saturated carbocycles. The van der Waals surface area contributed by atoms with Gasteiger partial charge in [0, 0.05) is 20.1 Å². The smallest absolute Gasteiger partial charge is 0.357 e. The highest BCUT2D eigenvalue weighted by atomic mass is 19.4. The van der Waals surface area contributed by atoms with Gasteiger partial charge in [-0.25, -0.2) is 4.99 Å². The summed E-state index contributed by atoms with van der Waals surface area (Å²) in [7, 11) is 1.13. The Morgan fingerprint density at radius 3 is 2.67 bits per heavy atom. The fourth-order valence-electron chi connectivity index (χ4n) is 2.44. The molecule has 2 N–H and O–H groups in total. The zero-order chi connectivity index (χ0) is 18.0. The summed E-state index contributed by atoms with van der Waals surface area (Å²) >= 11 is 0. The summed E-state index contributed by atoms with van der Waals surface area (Å²) in [6, 6.07) is 0. The van der Waals surface area contributed by atoms with Gasteiger partial charge in [-0.3, -0.25) is 4.79 Å². The van der Waals surface area contributed by atoms with Crippen LogP contribution in [0.3, 0.4) is 0 Å². The van der Waals surface area contributed by atoms with Gasteiger partial charge in [-0.2, -0.15) is 13.2 Å². The van der Waals surface area contributed by atoms with Crippen LogP contribution >= 0.6 is 0 Å². The molecule has 0 aromatic rings. The molecule has 0 saturated heterocycles. The number of carbonyl (C=O) groups excluding carboxylic acids is 1. The first-order chi connectivity index (χ1) is 11.3. The number of aliphatic imine (C=N–C) groups is 1. The van der Waals surface area contributed by atoms with Crippen molar-refractivity contribution in [3.8, 4) is 0 Å². The highest BCUT2D eigenvalue weighted by Crippen LogP contribution is 2.19. The molecule has 0 aromatic carbocycles. The van der Waals surface area contributed by atoms with Crippen LogP contribution in [0.4, 0.5) is 13.2 Å². The number of rotatable bonds is 7. The number of amides is 1. The van der Waals surface area contributed by atoms with Gasteiger partial charge >= 0.3 is 6.18 Å². The standard InChI is InChI=1S/C16H27F3N4O/c1-3-20-15(21-10-9-13-7-5-4-6-8-13)22-11-14(24)23(2)12-16(17,18)19/h7H,3-6,8-12H2,1-2H3,(H2,20,21,22). The highest BCUT2D eigenvalue weighted by Gasteiger charge is 2.30. The zero-order valence-corrected chi connectivity index (χ0v) is 14.4. The van der Waals surface area contributed by atoms with Gasteiger partial charge in [0.1, 0.15) is 13.1 Å². The summed E-state index contributed by atoms with van der Waals surface area (Å²) in [5.41, 5.74) is 1.42. The largest absolute Gasteiger partial charge is 0.406 e. The lowest BCUT2D eigenvalue weighted by atomic mass is 9.97. The Labute approximate surface area is 141 Å². The highest BCUT2D eigenvalue weighted by molar-refractivity contribution is 5.84. The van der Waals surface area contributed by atoms with Crippen LogP contribution in [0.25, 0.3) is 0 Å². The van der Waals surface area contributed by atoms with Crippen molar-refractivity contribution >= 4 is 11.9 Å². The van der Waals surface area contributed by atoms with E-state index in [1.54, 1.807) is 0 Å². The van der Waals surface area contributed by atoms with E-state index < -0.39 is 18.6 Å². The minimum atomic E-state index is -4.40. The molecule has 0 atom stereocenters. The van der Waals surface area contributed by atoms with Gasteiger partial charge in [-0.05, 0) is 39.0 Å². The third-order valence-corrected chi connectivity index (χ3v) is 3.68. The molecular formula is C16H27F3N4O. The van der Waals surface area contributed by atoms with Gasteiger partial charge in [-0.1, -0.05) is 11.6 Å². The summed E-state index contributed by atoms with van der Waals surface area (Å²) in [6.07, 6.45) is 3.50. The second-order valence-electron chi connectivity index (χ2n) is 5.85. The second-order valence-corrected chi connectivity index (χ2v) is 5.85. The lowest BCUT2D eigenvalue weighted by Crippen LogP contribution is -2.40. The zero-order valence-electron chi connectivity index (χ0n) is 14.4. The van der Waals surface area contributed by atoms with Crippen molar-refractivity contribution in [2.24, 2.45) is 4.99 Å². The molecular weight excluding hydrogens is 321 g/mol. The van der Waals surface area contributed by atoms with Crippen molar-refractivity contribution in [1.29, 1.82) is 0 Å². The van der Waals surface area contributed by atoms with E-state index >= 15 is 0 Å². The molecule has 0 heterocycles. The number of nitrogens with one attached hydrogen (secondary N) is 2. The molecule has 0 aliphatic heterocycles. The maximum absolute atomic E-state index is 12.3. The van der Waals surface area contributed by atoms with E-state index in [2.05, 4.69) is 21.7 Å². The van der Waals surface area contributed by atoms with Crippen molar-refractivity contribution in [2.75, 3.05) is 33.2 Å². The molecule has 138 valence electrons. The number of alkyl halides is 3. The molecule has 1 amide bonds. The number of hydrogen-bond donors (Lipinski definition) is 2. The quantitative estimate of drug-likeness (QED) is 0.422. The molecule has 5 nitrogen and oxygen atoms in total. The molecule has 1 aliphatic rings. The Balaban J connectivity index is 2.43. The van der Waals surface area contributed by atoms with Crippen LogP contribution in [-0.2, 0) is 4.79 Å². The Bertz CT molecular complexity index is 461. The summed E-state index contributed by atoms with van der Waals surface area (Å²) in [4.78, 5) is 16.4. The fourth-order valence-corrected chi connectivity index (χ4v) is 2.44. The monoisotopic (exact) mass is 348 g/mol. The summed E-state index contributed by atoms with van der Waals surface area (Å²) in [5, 5.41) is 6.10. The second kappa shape index (κ2) is 10.2. The van der Waals surface area contributed by atoms with Crippen LogP contribution in [0, 0.1) is 0 Å². The van der Waals surface area contributed by atoms with E-state index in [4.69, 9.17) is 0 Å². The lowest BCUT2D eigenvalue weighted by molar-refractivity contribution is -0.157. The van der Waals surface area contributed by atoms with Gasteiger partial charge in [0.25, 0.3) is 0 Å². The molecule has 0 unspecified atom stereocenters. The van der Waals surface area contributed by atoms with Crippen molar-refractivity contribution in [2.45, 2.75) is 45.2 Å². The Morgan fingerprint density at radius 1 is 1.33 bits per heavy atom. The molecule has 0 spiro atoms. The average Bonchev–Trinajstić information content (AvgIpc) is 2.51. The van der Waals surface area contributed by atoms with Crippen LogP contribution in [0.2, 0.25) is 0 Å². The van der Waals surface area contributed by atoms with Crippen molar-refractivity contribution in [1.82, 2.24) is 15.5 Å². The number of allylic oxidation sites excluding steroid dienone is 1. The number of likely N-dealkylation sites (N-methyl/N-ethyl adjacent to an activating group) is 1. The Morgan fingerprint density at radius 2 is 2.08 bits per heavy atom. The number of nitrogens with zero attached hydrogens (tertiary/aromatic N) is 2. The van der Waals surface area contributed by atoms with E-state index in [-0.39, 0.29) is 6.54 Å². The van der Waals surface area contributed by atoms with E-state index in [0.29, 0.717) is 23.9 Å². The number of carbonyl (C=O) groups is 1. The predicted octanol–water partition coefficient (Wildman–Crippen LogP) is 2.45. The first-order valence-corrected chi connectivity index (χ1v) is 8.32. The molecule has 0 radical (unpaired) electrons. The third-order valence-electron chi connectivity index (χ3n) is 3.68. The number of hydrogen-bond acceptors (Lipinski definition) is 2. The summed E-state index contributed by atoms with van der Waals surface area (Å²) in [5.74, 6) is -0.220. The average molecular weight is 348 g/mol. The van der Waals surface area contributed by atoms with Gasteiger partial charge in [0.2, 0.25) is 5.91 Å². The topological polar surface area (TPSA) is 56.7 Å². The van der Waals surface area contributed by atoms with Crippen LogP contribution in [0.1, 0.15) is 39.0 Å². The third kappa shape index (κ3) is 8.79. The van der Waals surface area contributed by atoms with Gasteiger partial charge in [0.15, 0.2) is 5.96 Å². The minimum absolute atomic E-state index is 0.315. The molecule has 0 bridgehead atoms. The summed E-state index contributed by atoms with van der Waals surface area (Å²) in [6.45, 7) is 1.61. The van der Waals surface area contributed by atoms with Gasteiger partial charge in [-0.15, -0.1) is 0 Å². The molecule has 1 aliphatic carbocycles. The molecule has 0 fully saturated rings. The maximum atomic E-state index is 12.3. The fraction of sp³-hybridized carbons (Fsp3) is 0.750. The SMILES string of the molecule is CCNC(=NCC(=O)N(C)CC(F)(F)F)NCCC1=CCCCC1. The van der Waals surface area contributed by atoms with E-state index in [1.807, 2.05) is 6.92 Å². The van der Waals surface area contributed by atoms with E-state index in [0.717, 1.165) is 26.3 Å². The normalized spacial score (nSPS) is 15.7. The lowest BCUT2D eigenvalue weighted by Gasteiger charge is -2.18. The van der Waals surface area contributed by atoms with Crippen LogP contribution < -0.4 is 10.6 Å². The van der Waals surface area contributed by atoms with Crippen molar-refractivity contribution in [3.63, 3.8) is 0 Å². The van der Waals surface area contributed by atoms with E-state index in [1.165, 1.54) is 18.4 Å². The number of guanidine groups is 1. The van der Waals surface area contributed by atoms with Gasteiger partial charge < -0.3 is 15.5 Å². The Kier molecular flexibility index (Phi) is 8.63. The molecule has 1 rings (SSSR count). The molecule has 8 heteroatoms. The van der Waals surface area contributed by atoms with Crippen LogP contribution in [-0.4, -0.2) is 56.2 Å². The maximum Gasteiger partial charge on any atom is 0.406 e. The number of halogens is 3. The molecule has 24 heavy (non-hydrogen) atoms. The predicted molar refractivity (Wildman–Crippen MR) is 88.8 cm³/mol. The minimum Gasteiger partial charge on any atom is -0.357 e. The van der Waals surface area contributed by atoms with Crippen molar-refractivity contribution in [3.05, 3.63) is 11.6 Å². The van der Waals surface area contributed by atoms with E-state index in [9.17, 15) is 18.0 Å². The molecule has 0 aromatic heterocycles. The first kappa shape index (κ1) is 20.3. The first-order valence-electron chi connectivity index (χ1n) is 8.32. The Hall–Kier alpha value is -1.73. The van der Waals surface area contributed by atoms with Crippen molar-refractivity contribution < 1.29 is 18.0 Å².